The summed E-state index contributed by atoms with van der Waals surface area (Å²) in [6.07, 6.45) is 4.71. The summed E-state index contributed by atoms with van der Waals surface area (Å²) in [6.45, 7) is 0.326. The van der Waals surface area contributed by atoms with Crippen molar-refractivity contribution in [3.8, 4) is 0 Å². The van der Waals surface area contributed by atoms with E-state index in [2.05, 4.69) is 5.16 Å². The molecule has 0 bridgehead atoms. The van der Waals surface area contributed by atoms with Crippen LogP contribution < -0.4 is 5.73 Å². The highest BCUT2D eigenvalue weighted by atomic mass is 16.4. The lowest BCUT2D eigenvalue weighted by atomic mass is 9.99. The molecule has 0 aromatic rings. The standard InChI is InChI=1S/C12H21N3O3/c1-15(8-11(17)4-2-3-5-11)10(16)12(6-7-12)9(13)14-18/h17-18H,2-8H2,1H3,(H2,13,14). The normalized spacial score (nSPS) is 24.9. The number of hydrogen-bond donors (Lipinski definition) is 3. The number of carbonyl (C=O) groups is 1. The lowest BCUT2D eigenvalue weighted by Crippen LogP contribution is -2.47. The molecule has 6 nitrogen and oxygen atoms in total. The first kappa shape index (κ1) is 13.1. The SMILES string of the molecule is CN(CC1(O)CCCC1)C(=O)C1(C(N)=NO)CC1. The third kappa shape index (κ3) is 2.16. The number of hydrogen-bond acceptors (Lipinski definition) is 4. The van der Waals surface area contributed by atoms with Crippen LogP contribution in [0.1, 0.15) is 38.5 Å². The summed E-state index contributed by atoms with van der Waals surface area (Å²) in [5.74, 6) is -0.170. The second kappa shape index (κ2) is 4.42. The topological polar surface area (TPSA) is 99.2 Å². The van der Waals surface area contributed by atoms with Crippen LogP contribution in [-0.2, 0) is 4.79 Å². The molecule has 0 aliphatic heterocycles. The fourth-order valence-electron chi connectivity index (χ4n) is 2.87. The molecule has 18 heavy (non-hydrogen) atoms. The van der Waals surface area contributed by atoms with Crippen molar-refractivity contribution in [2.75, 3.05) is 13.6 Å². The quantitative estimate of drug-likeness (QED) is 0.291. The molecule has 0 saturated heterocycles. The van der Waals surface area contributed by atoms with Crippen LogP contribution in [0.25, 0.3) is 0 Å². The van der Waals surface area contributed by atoms with E-state index < -0.39 is 11.0 Å². The number of nitrogens with zero attached hydrogens (tertiary/aromatic N) is 2. The predicted molar refractivity (Wildman–Crippen MR) is 66.1 cm³/mol. The highest BCUT2D eigenvalue weighted by Crippen LogP contribution is 2.47. The van der Waals surface area contributed by atoms with Gasteiger partial charge in [-0.3, -0.25) is 4.79 Å². The molecule has 2 aliphatic rings. The van der Waals surface area contributed by atoms with Crippen LogP contribution in [-0.4, -0.2) is 46.1 Å². The molecule has 0 aromatic heterocycles. The largest absolute Gasteiger partial charge is 0.409 e. The molecule has 4 N–H and O–H groups in total. The van der Waals surface area contributed by atoms with E-state index >= 15 is 0 Å². The Kier molecular flexibility index (Phi) is 3.23. The molecule has 1 amide bonds. The first-order valence-electron chi connectivity index (χ1n) is 6.39. The van der Waals surface area contributed by atoms with Crippen LogP contribution in [0.3, 0.4) is 0 Å². The molecule has 0 atom stereocenters. The van der Waals surface area contributed by atoms with Crippen LogP contribution in [0, 0.1) is 5.41 Å². The monoisotopic (exact) mass is 255 g/mol. The first-order valence-corrected chi connectivity index (χ1v) is 6.39. The van der Waals surface area contributed by atoms with Crippen molar-refractivity contribution in [2.45, 2.75) is 44.1 Å². The summed E-state index contributed by atoms with van der Waals surface area (Å²) >= 11 is 0. The summed E-state index contributed by atoms with van der Waals surface area (Å²) in [5.41, 5.74) is 4.00. The van der Waals surface area contributed by atoms with E-state index in [0.29, 0.717) is 19.4 Å². The van der Waals surface area contributed by atoms with Crippen LogP contribution in [0.15, 0.2) is 5.16 Å². The van der Waals surface area contributed by atoms with E-state index in [1.165, 1.54) is 4.90 Å². The van der Waals surface area contributed by atoms with Gasteiger partial charge in [0.25, 0.3) is 0 Å². The minimum absolute atomic E-state index is 0.0160. The summed E-state index contributed by atoms with van der Waals surface area (Å²) < 4.78 is 0. The van der Waals surface area contributed by atoms with Gasteiger partial charge in [-0.25, -0.2) is 0 Å². The second-order valence-electron chi connectivity index (χ2n) is 5.66. The molecule has 2 rings (SSSR count). The van der Waals surface area contributed by atoms with Gasteiger partial charge < -0.3 is 20.9 Å². The highest BCUT2D eigenvalue weighted by Gasteiger charge is 2.55. The van der Waals surface area contributed by atoms with Crippen LogP contribution >= 0.6 is 0 Å². The van der Waals surface area contributed by atoms with Crippen molar-refractivity contribution in [1.82, 2.24) is 4.90 Å². The smallest absolute Gasteiger partial charge is 0.236 e. The summed E-state index contributed by atoms with van der Waals surface area (Å²) in [6, 6.07) is 0. The van der Waals surface area contributed by atoms with Gasteiger partial charge in [0.05, 0.1) is 5.60 Å². The first-order chi connectivity index (χ1) is 8.43. The Balaban J connectivity index is 2.01. The maximum Gasteiger partial charge on any atom is 0.236 e. The fraction of sp³-hybridized carbons (Fsp3) is 0.833. The molecule has 0 radical (unpaired) electrons. The van der Waals surface area contributed by atoms with Crippen LogP contribution in [0.5, 0.6) is 0 Å². The number of amides is 1. The molecule has 2 fully saturated rings. The summed E-state index contributed by atoms with van der Waals surface area (Å²) in [5, 5.41) is 22.0. The van der Waals surface area contributed by atoms with Gasteiger partial charge in [-0.05, 0) is 25.7 Å². The lowest BCUT2D eigenvalue weighted by molar-refractivity contribution is -0.136. The maximum absolute atomic E-state index is 12.3. The van der Waals surface area contributed by atoms with Crippen molar-refractivity contribution in [3.63, 3.8) is 0 Å². The number of aliphatic hydroxyl groups is 1. The minimum atomic E-state index is -0.821. The molecule has 0 heterocycles. The van der Waals surface area contributed by atoms with E-state index in [1.807, 2.05) is 0 Å². The van der Waals surface area contributed by atoms with E-state index in [9.17, 15) is 9.90 Å². The van der Waals surface area contributed by atoms with Gasteiger partial charge in [0.2, 0.25) is 5.91 Å². The van der Waals surface area contributed by atoms with E-state index in [4.69, 9.17) is 10.9 Å². The van der Waals surface area contributed by atoms with Crippen LogP contribution in [0.4, 0.5) is 0 Å². The molecule has 2 saturated carbocycles. The predicted octanol–water partition coefficient (Wildman–Crippen LogP) is 0.277. The average molecular weight is 255 g/mol. The van der Waals surface area contributed by atoms with Crippen LogP contribution in [0.2, 0.25) is 0 Å². The van der Waals surface area contributed by atoms with Gasteiger partial charge in [-0.2, -0.15) is 0 Å². The van der Waals surface area contributed by atoms with Gasteiger partial charge >= 0.3 is 0 Å². The van der Waals surface area contributed by atoms with E-state index in [-0.39, 0.29) is 11.7 Å². The third-order valence-corrected chi connectivity index (χ3v) is 4.17. The van der Waals surface area contributed by atoms with Gasteiger partial charge in [0.1, 0.15) is 5.41 Å². The zero-order valence-electron chi connectivity index (χ0n) is 10.7. The molecule has 0 aromatic carbocycles. The number of carbonyl (C=O) groups excluding carboxylic acids is 1. The zero-order valence-corrected chi connectivity index (χ0v) is 10.7. The number of oxime groups is 1. The van der Waals surface area contributed by atoms with Gasteiger partial charge in [-0.15, -0.1) is 0 Å². The Labute approximate surface area is 106 Å². The number of nitrogens with two attached hydrogens (primary N) is 1. The van der Waals surface area contributed by atoms with Crippen molar-refractivity contribution in [2.24, 2.45) is 16.3 Å². The van der Waals surface area contributed by atoms with E-state index in [0.717, 1.165) is 25.7 Å². The van der Waals surface area contributed by atoms with Crippen molar-refractivity contribution >= 4 is 11.7 Å². The zero-order chi connectivity index (χ0) is 13.4. The van der Waals surface area contributed by atoms with Gasteiger partial charge in [-0.1, -0.05) is 18.0 Å². The molecule has 2 aliphatic carbocycles. The van der Waals surface area contributed by atoms with Gasteiger partial charge in [0.15, 0.2) is 5.84 Å². The Morgan fingerprint density at radius 1 is 1.33 bits per heavy atom. The summed E-state index contributed by atoms with van der Waals surface area (Å²) in [7, 11) is 1.67. The average Bonchev–Trinajstić information content (AvgIpc) is 3.05. The molecular formula is C12H21N3O3. The highest BCUT2D eigenvalue weighted by molar-refractivity contribution is 6.09. The Morgan fingerprint density at radius 3 is 2.33 bits per heavy atom. The maximum atomic E-state index is 12.3. The number of rotatable bonds is 4. The van der Waals surface area contributed by atoms with E-state index in [1.54, 1.807) is 7.05 Å². The number of likely N-dealkylation sites (N-methyl/N-ethyl adjacent to an activating group) is 1. The minimum Gasteiger partial charge on any atom is -0.409 e. The van der Waals surface area contributed by atoms with Crippen molar-refractivity contribution in [3.05, 3.63) is 0 Å². The Hall–Kier alpha value is -1.30. The van der Waals surface area contributed by atoms with Crippen molar-refractivity contribution in [1.29, 1.82) is 0 Å². The second-order valence-corrected chi connectivity index (χ2v) is 5.66. The molecule has 0 unspecified atom stereocenters. The fourth-order valence-corrected chi connectivity index (χ4v) is 2.87. The molecule has 0 spiro atoms. The molecule has 102 valence electrons. The van der Waals surface area contributed by atoms with Gasteiger partial charge in [0, 0.05) is 13.6 Å². The lowest BCUT2D eigenvalue weighted by Gasteiger charge is -2.30. The third-order valence-electron chi connectivity index (χ3n) is 4.17. The Morgan fingerprint density at radius 2 is 1.89 bits per heavy atom. The number of amidine groups is 1. The summed E-state index contributed by atoms with van der Waals surface area (Å²) in [4.78, 5) is 13.8. The molecule has 6 heteroatoms. The Bertz CT molecular complexity index is 371. The molecular weight excluding hydrogens is 234 g/mol. The van der Waals surface area contributed by atoms with Crippen molar-refractivity contribution < 1.29 is 15.1 Å².